The van der Waals surface area contributed by atoms with Crippen molar-refractivity contribution in [2.75, 3.05) is 5.73 Å². The minimum Gasteiger partial charge on any atom is -0.383 e. The number of nitrogens with two attached hydrogens (primary N) is 1. The number of rotatable bonds is 2. The van der Waals surface area contributed by atoms with Crippen molar-refractivity contribution >= 4 is 21.7 Å². The predicted octanol–water partition coefficient (Wildman–Crippen LogP) is 4.91. The molecule has 0 atom stereocenters. The molecular weight excluding hydrogens is 333 g/mol. The highest BCUT2D eigenvalue weighted by atomic mass is 79.9. The van der Waals surface area contributed by atoms with Crippen LogP contribution in [0.25, 0.3) is 11.3 Å². The SMILES string of the molecule is CC(C)n1c(C(C)(C)C)nc(-c2ccc(Br)c(F)c2)c1N. The van der Waals surface area contributed by atoms with E-state index in [2.05, 4.69) is 50.5 Å². The molecule has 3 nitrogen and oxygen atoms in total. The number of aromatic nitrogens is 2. The number of nitrogen functional groups attached to an aromatic ring is 1. The van der Waals surface area contributed by atoms with Crippen LogP contribution in [0.2, 0.25) is 0 Å². The molecule has 0 aliphatic heterocycles. The van der Waals surface area contributed by atoms with Crippen molar-refractivity contribution in [1.29, 1.82) is 0 Å². The van der Waals surface area contributed by atoms with Crippen LogP contribution in [-0.4, -0.2) is 9.55 Å². The summed E-state index contributed by atoms with van der Waals surface area (Å²) in [6, 6.07) is 5.15. The molecule has 0 radical (unpaired) electrons. The minimum atomic E-state index is -0.316. The normalized spacial score (nSPS) is 12.2. The van der Waals surface area contributed by atoms with E-state index in [0.29, 0.717) is 21.5 Å². The van der Waals surface area contributed by atoms with Gasteiger partial charge in [0.05, 0.1) is 4.47 Å². The molecule has 0 fully saturated rings. The maximum Gasteiger partial charge on any atom is 0.138 e. The van der Waals surface area contributed by atoms with E-state index in [1.54, 1.807) is 6.07 Å². The lowest BCUT2D eigenvalue weighted by Crippen LogP contribution is -2.21. The summed E-state index contributed by atoms with van der Waals surface area (Å²) in [5.74, 6) is 1.17. The quantitative estimate of drug-likeness (QED) is 0.833. The van der Waals surface area contributed by atoms with Gasteiger partial charge in [0.1, 0.15) is 23.2 Å². The van der Waals surface area contributed by atoms with Gasteiger partial charge in [0.25, 0.3) is 0 Å². The summed E-state index contributed by atoms with van der Waals surface area (Å²) in [4.78, 5) is 4.70. The summed E-state index contributed by atoms with van der Waals surface area (Å²) < 4.78 is 16.2. The van der Waals surface area contributed by atoms with E-state index in [9.17, 15) is 4.39 Å². The Labute approximate surface area is 133 Å². The summed E-state index contributed by atoms with van der Waals surface area (Å²) >= 11 is 3.16. The molecule has 0 spiro atoms. The van der Waals surface area contributed by atoms with Crippen molar-refractivity contribution in [3.63, 3.8) is 0 Å². The van der Waals surface area contributed by atoms with E-state index in [-0.39, 0.29) is 17.3 Å². The maximum atomic E-state index is 13.8. The first-order valence-corrected chi connectivity index (χ1v) is 7.75. The summed E-state index contributed by atoms with van der Waals surface area (Å²) in [6.07, 6.45) is 0. The van der Waals surface area contributed by atoms with Gasteiger partial charge in [0, 0.05) is 17.0 Å². The summed E-state index contributed by atoms with van der Waals surface area (Å²) in [5, 5.41) is 0. The van der Waals surface area contributed by atoms with Gasteiger partial charge in [0.15, 0.2) is 0 Å². The molecule has 0 aliphatic carbocycles. The van der Waals surface area contributed by atoms with Crippen LogP contribution in [0.3, 0.4) is 0 Å². The van der Waals surface area contributed by atoms with Crippen LogP contribution in [0.15, 0.2) is 22.7 Å². The Bertz CT molecular complexity index is 669. The zero-order valence-electron chi connectivity index (χ0n) is 13.0. The fraction of sp³-hybridized carbons (Fsp3) is 0.438. The molecular formula is C16H21BrFN3. The molecule has 0 saturated heterocycles. The van der Waals surface area contributed by atoms with Crippen molar-refractivity contribution in [2.24, 2.45) is 0 Å². The van der Waals surface area contributed by atoms with E-state index >= 15 is 0 Å². The number of hydrogen-bond donors (Lipinski definition) is 1. The molecule has 2 N–H and O–H groups in total. The van der Waals surface area contributed by atoms with Crippen LogP contribution in [0.1, 0.15) is 46.5 Å². The van der Waals surface area contributed by atoms with Crippen LogP contribution in [0, 0.1) is 5.82 Å². The first-order valence-electron chi connectivity index (χ1n) is 6.96. The maximum absolute atomic E-state index is 13.8. The Morgan fingerprint density at radius 1 is 1.29 bits per heavy atom. The number of nitrogens with zero attached hydrogens (tertiary/aromatic N) is 2. The molecule has 0 saturated carbocycles. The standard InChI is InChI=1S/C16H21BrFN3/c1-9(2)21-14(19)13(20-15(21)16(3,4)5)10-6-7-11(17)12(18)8-10/h6-9H,19H2,1-5H3. The Balaban J connectivity index is 2.68. The van der Waals surface area contributed by atoms with Crippen molar-refractivity contribution in [1.82, 2.24) is 9.55 Å². The van der Waals surface area contributed by atoms with E-state index in [1.165, 1.54) is 6.07 Å². The van der Waals surface area contributed by atoms with Gasteiger partial charge in [-0.15, -0.1) is 0 Å². The Hall–Kier alpha value is -1.36. The minimum absolute atomic E-state index is 0.134. The van der Waals surface area contributed by atoms with Gasteiger partial charge in [-0.2, -0.15) is 0 Å². The van der Waals surface area contributed by atoms with Crippen LogP contribution >= 0.6 is 15.9 Å². The van der Waals surface area contributed by atoms with Crippen LogP contribution in [0.4, 0.5) is 10.2 Å². The largest absolute Gasteiger partial charge is 0.383 e. The molecule has 1 aromatic carbocycles. The highest BCUT2D eigenvalue weighted by molar-refractivity contribution is 9.10. The molecule has 0 aliphatic rings. The molecule has 2 rings (SSSR count). The average Bonchev–Trinajstić information content (AvgIpc) is 2.70. The van der Waals surface area contributed by atoms with Crippen molar-refractivity contribution in [3.05, 3.63) is 34.3 Å². The van der Waals surface area contributed by atoms with Crippen molar-refractivity contribution in [2.45, 2.75) is 46.1 Å². The van der Waals surface area contributed by atoms with Gasteiger partial charge in [-0.25, -0.2) is 9.37 Å². The van der Waals surface area contributed by atoms with Gasteiger partial charge in [-0.1, -0.05) is 26.8 Å². The molecule has 1 heterocycles. The fourth-order valence-corrected chi connectivity index (χ4v) is 2.60. The smallest absolute Gasteiger partial charge is 0.138 e. The molecule has 1 aromatic heterocycles. The van der Waals surface area contributed by atoms with Crippen LogP contribution in [0.5, 0.6) is 0 Å². The third kappa shape index (κ3) is 2.98. The zero-order chi connectivity index (χ0) is 15.9. The first-order chi connectivity index (χ1) is 9.62. The second-order valence-corrected chi connectivity index (χ2v) is 7.37. The average molecular weight is 354 g/mol. The highest BCUT2D eigenvalue weighted by Gasteiger charge is 2.26. The van der Waals surface area contributed by atoms with E-state index < -0.39 is 0 Å². The van der Waals surface area contributed by atoms with Crippen LogP contribution in [-0.2, 0) is 5.41 Å². The van der Waals surface area contributed by atoms with E-state index in [0.717, 1.165) is 5.82 Å². The Morgan fingerprint density at radius 3 is 2.33 bits per heavy atom. The number of halogens is 2. The zero-order valence-corrected chi connectivity index (χ0v) is 14.6. The number of hydrogen-bond acceptors (Lipinski definition) is 2. The lowest BCUT2D eigenvalue weighted by atomic mass is 9.95. The lowest BCUT2D eigenvalue weighted by molar-refractivity contribution is 0.473. The molecule has 114 valence electrons. The molecule has 2 aromatic rings. The third-order valence-corrected chi connectivity index (χ3v) is 3.97. The lowest BCUT2D eigenvalue weighted by Gasteiger charge is -2.22. The monoisotopic (exact) mass is 353 g/mol. The van der Waals surface area contributed by atoms with Crippen molar-refractivity contribution < 1.29 is 4.39 Å². The molecule has 0 amide bonds. The van der Waals surface area contributed by atoms with Crippen LogP contribution < -0.4 is 5.73 Å². The van der Waals surface area contributed by atoms with Gasteiger partial charge >= 0.3 is 0 Å². The predicted molar refractivity (Wildman–Crippen MR) is 88.8 cm³/mol. The highest BCUT2D eigenvalue weighted by Crippen LogP contribution is 2.35. The summed E-state index contributed by atoms with van der Waals surface area (Å²) in [7, 11) is 0. The van der Waals surface area contributed by atoms with E-state index in [1.807, 2.05) is 10.6 Å². The summed E-state index contributed by atoms with van der Waals surface area (Å²) in [6.45, 7) is 10.4. The second kappa shape index (κ2) is 5.44. The fourth-order valence-electron chi connectivity index (χ4n) is 2.35. The van der Waals surface area contributed by atoms with Gasteiger partial charge in [-0.05, 0) is 41.9 Å². The Kier molecular flexibility index (Phi) is 4.15. The molecule has 5 heteroatoms. The molecule has 21 heavy (non-hydrogen) atoms. The number of imidazole rings is 1. The second-order valence-electron chi connectivity index (χ2n) is 6.51. The van der Waals surface area contributed by atoms with E-state index in [4.69, 9.17) is 10.7 Å². The van der Waals surface area contributed by atoms with Gasteiger partial charge < -0.3 is 10.3 Å². The number of benzene rings is 1. The third-order valence-electron chi connectivity index (χ3n) is 3.33. The van der Waals surface area contributed by atoms with Crippen molar-refractivity contribution in [3.8, 4) is 11.3 Å². The Morgan fingerprint density at radius 2 is 1.90 bits per heavy atom. The van der Waals surface area contributed by atoms with Gasteiger partial charge in [-0.3, -0.25) is 0 Å². The van der Waals surface area contributed by atoms with Gasteiger partial charge in [0.2, 0.25) is 0 Å². The first kappa shape index (κ1) is 16.0. The summed E-state index contributed by atoms with van der Waals surface area (Å²) in [5.41, 5.74) is 7.49. The number of anilines is 1. The molecule has 0 unspecified atom stereocenters. The topological polar surface area (TPSA) is 43.8 Å². The molecule has 0 bridgehead atoms.